The Bertz CT molecular complexity index is 338. The van der Waals surface area contributed by atoms with Crippen molar-refractivity contribution in [2.24, 2.45) is 0 Å². The standard InChI is InChI=1S/C15H23NO/c1-3-15(2)11-14(9-10-17-15)16-12-13-7-5-4-6-8-13/h4-8,14,16H,3,9-12H2,1-2H3. The quantitative estimate of drug-likeness (QED) is 0.862. The van der Waals surface area contributed by atoms with Gasteiger partial charge < -0.3 is 10.1 Å². The van der Waals surface area contributed by atoms with Crippen LogP contribution in [0.5, 0.6) is 0 Å². The molecule has 0 spiro atoms. The maximum absolute atomic E-state index is 5.86. The molecule has 0 saturated carbocycles. The Hall–Kier alpha value is -0.860. The molecule has 0 aliphatic carbocycles. The van der Waals surface area contributed by atoms with Crippen LogP contribution in [0.4, 0.5) is 0 Å². The fourth-order valence-corrected chi connectivity index (χ4v) is 2.41. The number of hydrogen-bond donors (Lipinski definition) is 1. The van der Waals surface area contributed by atoms with E-state index in [4.69, 9.17) is 4.74 Å². The maximum Gasteiger partial charge on any atom is 0.0666 e. The molecule has 0 amide bonds. The van der Waals surface area contributed by atoms with Gasteiger partial charge in [0.05, 0.1) is 5.60 Å². The van der Waals surface area contributed by atoms with Crippen LogP contribution in [0.1, 0.15) is 38.7 Å². The first-order valence-corrected chi connectivity index (χ1v) is 6.63. The third kappa shape index (κ3) is 3.55. The van der Waals surface area contributed by atoms with Crippen LogP contribution >= 0.6 is 0 Å². The Labute approximate surface area is 104 Å². The van der Waals surface area contributed by atoms with Crippen LogP contribution in [0.3, 0.4) is 0 Å². The maximum atomic E-state index is 5.86. The lowest BCUT2D eigenvalue weighted by Gasteiger charge is -2.38. The average molecular weight is 233 g/mol. The Balaban J connectivity index is 1.83. The summed E-state index contributed by atoms with van der Waals surface area (Å²) in [6.45, 7) is 6.28. The molecule has 1 saturated heterocycles. The van der Waals surface area contributed by atoms with E-state index in [1.54, 1.807) is 0 Å². The minimum Gasteiger partial charge on any atom is -0.375 e. The second-order valence-corrected chi connectivity index (χ2v) is 5.21. The van der Waals surface area contributed by atoms with E-state index in [2.05, 4.69) is 49.5 Å². The lowest BCUT2D eigenvalue weighted by atomic mass is 9.90. The lowest BCUT2D eigenvalue weighted by molar-refractivity contribution is -0.0781. The van der Waals surface area contributed by atoms with Crippen molar-refractivity contribution < 1.29 is 4.74 Å². The predicted molar refractivity (Wildman–Crippen MR) is 71.0 cm³/mol. The van der Waals surface area contributed by atoms with Gasteiger partial charge in [0.1, 0.15) is 0 Å². The molecule has 1 aromatic carbocycles. The van der Waals surface area contributed by atoms with Crippen LogP contribution in [0.2, 0.25) is 0 Å². The minimum atomic E-state index is 0.0760. The van der Waals surface area contributed by atoms with Crippen molar-refractivity contribution in [3.8, 4) is 0 Å². The van der Waals surface area contributed by atoms with Gasteiger partial charge in [0.25, 0.3) is 0 Å². The molecule has 2 atom stereocenters. The van der Waals surface area contributed by atoms with E-state index in [0.717, 1.165) is 32.4 Å². The Morgan fingerprint density at radius 3 is 2.82 bits per heavy atom. The van der Waals surface area contributed by atoms with Gasteiger partial charge in [-0.3, -0.25) is 0 Å². The molecule has 1 aromatic rings. The summed E-state index contributed by atoms with van der Waals surface area (Å²) < 4.78 is 5.86. The summed E-state index contributed by atoms with van der Waals surface area (Å²) >= 11 is 0. The highest BCUT2D eigenvalue weighted by Gasteiger charge is 2.31. The molecule has 2 rings (SSSR count). The van der Waals surface area contributed by atoms with Gasteiger partial charge in [-0.2, -0.15) is 0 Å². The number of ether oxygens (including phenoxy) is 1. The molecule has 1 fully saturated rings. The van der Waals surface area contributed by atoms with Crippen LogP contribution in [-0.2, 0) is 11.3 Å². The second-order valence-electron chi connectivity index (χ2n) is 5.21. The van der Waals surface area contributed by atoms with Crippen LogP contribution in [-0.4, -0.2) is 18.2 Å². The van der Waals surface area contributed by atoms with E-state index in [9.17, 15) is 0 Å². The third-order valence-corrected chi connectivity index (χ3v) is 3.78. The summed E-state index contributed by atoms with van der Waals surface area (Å²) in [6, 6.07) is 11.2. The van der Waals surface area contributed by atoms with E-state index in [1.165, 1.54) is 5.56 Å². The zero-order valence-electron chi connectivity index (χ0n) is 10.9. The Morgan fingerprint density at radius 2 is 2.12 bits per heavy atom. The smallest absolute Gasteiger partial charge is 0.0666 e. The molecule has 0 radical (unpaired) electrons. The van der Waals surface area contributed by atoms with Crippen LogP contribution in [0, 0.1) is 0 Å². The van der Waals surface area contributed by atoms with E-state index in [-0.39, 0.29) is 5.60 Å². The van der Waals surface area contributed by atoms with E-state index < -0.39 is 0 Å². The summed E-state index contributed by atoms with van der Waals surface area (Å²) in [7, 11) is 0. The van der Waals surface area contributed by atoms with Crippen molar-refractivity contribution in [2.75, 3.05) is 6.61 Å². The largest absolute Gasteiger partial charge is 0.375 e. The zero-order chi connectivity index (χ0) is 12.1. The van der Waals surface area contributed by atoms with Crippen molar-refractivity contribution in [3.05, 3.63) is 35.9 Å². The van der Waals surface area contributed by atoms with E-state index >= 15 is 0 Å². The van der Waals surface area contributed by atoms with Crippen LogP contribution in [0.15, 0.2) is 30.3 Å². The van der Waals surface area contributed by atoms with Gasteiger partial charge in [0.2, 0.25) is 0 Å². The molecule has 1 heterocycles. The fourth-order valence-electron chi connectivity index (χ4n) is 2.41. The fraction of sp³-hybridized carbons (Fsp3) is 0.600. The van der Waals surface area contributed by atoms with E-state index in [0.29, 0.717) is 6.04 Å². The number of rotatable bonds is 4. The Kier molecular flexibility index (Phi) is 4.19. The minimum absolute atomic E-state index is 0.0760. The highest BCUT2D eigenvalue weighted by atomic mass is 16.5. The first-order chi connectivity index (χ1) is 8.22. The predicted octanol–water partition coefficient (Wildman–Crippen LogP) is 3.12. The van der Waals surface area contributed by atoms with Crippen molar-refractivity contribution in [1.29, 1.82) is 0 Å². The summed E-state index contributed by atoms with van der Waals surface area (Å²) in [5.74, 6) is 0. The van der Waals surface area contributed by atoms with Crippen molar-refractivity contribution >= 4 is 0 Å². The molecular weight excluding hydrogens is 210 g/mol. The van der Waals surface area contributed by atoms with Crippen LogP contribution in [0.25, 0.3) is 0 Å². The summed E-state index contributed by atoms with van der Waals surface area (Å²) in [5.41, 5.74) is 1.43. The molecule has 0 aromatic heterocycles. The van der Waals surface area contributed by atoms with Crippen LogP contribution < -0.4 is 5.32 Å². The molecule has 1 aliphatic heterocycles. The SMILES string of the molecule is CCC1(C)CC(NCc2ccccc2)CCO1. The van der Waals surface area contributed by atoms with Gasteiger partial charge in [-0.1, -0.05) is 37.3 Å². The normalized spacial score (nSPS) is 29.2. The van der Waals surface area contributed by atoms with Gasteiger partial charge in [-0.05, 0) is 31.7 Å². The third-order valence-electron chi connectivity index (χ3n) is 3.78. The molecule has 1 aliphatic rings. The first-order valence-electron chi connectivity index (χ1n) is 6.63. The highest BCUT2D eigenvalue weighted by molar-refractivity contribution is 5.14. The van der Waals surface area contributed by atoms with Crippen molar-refractivity contribution in [3.63, 3.8) is 0 Å². The molecule has 1 N–H and O–H groups in total. The number of benzene rings is 1. The topological polar surface area (TPSA) is 21.3 Å². The molecular formula is C15H23NO. The van der Waals surface area contributed by atoms with E-state index in [1.807, 2.05) is 0 Å². The molecule has 2 unspecified atom stereocenters. The van der Waals surface area contributed by atoms with Crippen molar-refractivity contribution in [2.45, 2.75) is 51.3 Å². The van der Waals surface area contributed by atoms with Crippen molar-refractivity contribution in [1.82, 2.24) is 5.32 Å². The second kappa shape index (κ2) is 5.65. The summed E-state index contributed by atoms with van der Waals surface area (Å²) in [4.78, 5) is 0. The Morgan fingerprint density at radius 1 is 1.35 bits per heavy atom. The number of nitrogens with one attached hydrogen (secondary N) is 1. The average Bonchev–Trinajstić information content (AvgIpc) is 2.38. The zero-order valence-corrected chi connectivity index (χ0v) is 10.9. The molecule has 2 nitrogen and oxygen atoms in total. The van der Waals surface area contributed by atoms with Gasteiger partial charge in [-0.15, -0.1) is 0 Å². The molecule has 2 heteroatoms. The highest BCUT2D eigenvalue weighted by Crippen LogP contribution is 2.27. The van der Waals surface area contributed by atoms with Gasteiger partial charge in [0.15, 0.2) is 0 Å². The van der Waals surface area contributed by atoms with Gasteiger partial charge in [-0.25, -0.2) is 0 Å². The summed E-state index contributed by atoms with van der Waals surface area (Å²) in [6.07, 6.45) is 3.34. The van der Waals surface area contributed by atoms with Gasteiger partial charge >= 0.3 is 0 Å². The monoisotopic (exact) mass is 233 g/mol. The van der Waals surface area contributed by atoms with Gasteiger partial charge in [0, 0.05) is 19.2 Å². The lowest BCUT2D eigenvalue weighted by Crippen LogP contribution is -2.44. The molecule has 94 valence electrons. The molecule has 0 bridgehead atoms. The summed E-state index contributed by atoms with van der Waals surface area (Å²) in [5, 5.41) is 3.65. The first kappa shape index (κ1) is 12.6. The number of hydrogen-bond acceptors (Lipinski definition) is 2. The molecule has 17 heavy (non-hydrogen) atoms.